The Morgan fingerprint density at radius 2 is 1.43 bits per heavy atom. The van der Waals surface area contributed by atoms with Crippen molar-refractivity contribution in [3.05, 3.63) is 89.5 Å². The van der Waals surface area contributed by atoms with Crippen molar-refractivity contribution in [2.75, 3.05) is 6.61 Å². The number of ether oxygens (including phenoxy) is 2. The maximum atomic E-state index is 12.4. The molecule has 0 saturated heterocycles. The van der Waals surface area contributed by atoms with Crippen LogP contribution >= 0.6 is 0 Å². The van der Waals surface area contributed by atoms with Crippen molar-refractivity contribution in [1.82, 2.24) is 0 Å². The van der Waals surface area contributed by atoms with E-state index in [2.05, 4.69) is 38.1 Å². The Kier molecular flexibility index (Phi) is 7.81. The van der Waals surface area contributed by atoms with Gasteiger partial charge in [0.05, 0.1) is 11.7 Å². The van der Waals surface area contributed by atoms with Gasteiger partial charge < -0.3 is 9.47 Å². The lowest BCUT2D eigenvalue weighted by Crippen LogP contribution is -2.08. The minimum atomic E-state index is -0.334. The number of esters is 1. The van der Waals surface area contributed by atoms with Crippen molar-refractivity contribution in [3.63, 3.8) is 0 Å². The van der Waals surface area contributed by atoms with Gasteiger partial charge in [-0.15, -0.1) is 0 Å². The second-order valence-corrected chi connectivity index (χ2v) is 7.43. The molecule has 0 saturated carbocycles. The number of carbonyl (C=O) groups excluding carboxylic acids is 1. The number of unbranched alkanes of at least 4 members (excludes halogenated alkanes) is 1. The molecule has 1 atom stereocenters. The second-order valence-electron chi connectivity index (χ2n) is 7.43. The molecule has 0 aliphatic heterocycles. The number of hydrogen-bond acceptors (Lipinski definition) is 3. The third-order valence-corrected chi connectivity index (χ3v) is 5.20. The SMILES string of the molecule is CCCCc1ccc(C(=O)Oc2ccc(-c3ccc(C(C)OCC)cc3)cc2)cc1. The monoisotopic (exact) mass is 402 g/mol. The highest BCUT2D eigenvalue weighted by molar-refractivity contribution is 5.91. The van der Waals surface area contributed by atoms with Crippen molar-refractivity contribution in [2.24, 2.45) is 0 Å². The van der Waals surface area contributed by atoms with Crippen LogP contribution < -0.4 is 4.74 Å². The maximum absolute atomic E-state index is 12.4. The Labute approximate surface area is 179 Å². The zero-order valence-corrected chi connectivity index (χ0v) is 18.1. The van der Waals surface area contributed by atoms with Crippen LogP contribution in [-0.2, 0) is 11.2 Å². The third kappa shape index (κ3) is 5.80. The maximum Gasteiger partial charge on any atom is 0.343 e. The highest BCUT2D eigenvalue weighted by atomic mass is 16.5. The van der Waals surface area contributed by atoms with Gasteiger partial charge >= 0.3 is 5.97 Å². The molecule has 3 nitrogen and oxygen atoms in total. The summed E-state index contributed by atoms with van der Waals surface area (Å²) in [6, 6.07) is 23.7. The van der Waals surface area contributed by atoms with E-state index in [1.165, 1.54) is 5.56 Å². The average molecular weight is 403 g/mol. The molecule has 0 aromatic heterocycles. The molecule has 0 radical (unpaired) electrons. The summed E-state index contributed by atoms with van der Waals surface area (Å²) in [5.41, 5.74) is 5.17. The normalized spacial score (nSPS) is 11.8. The predicted molar refractivity (Wildman–Crippen MR) is 122 cm³/mol. The predicted octanol–water partition coefficient (Wildman–Crippen LogP) is 7.01. The number of aryl methyl sites for hydroxylation is 1. The highest BCUT2D eigenvalue weighted by Crippen LogP contribution is 2.25. The van der Waals surface area contributed by atoms with E-state index in [-0.39, 0.29) is 12.1 Å². The van der Waals surface area contributed by atoms with Crippen molar-refractivity contribution in [1.29, 1.82) is 0 Å². The van der Waals surface area contributed by atoms with E-state index in [0.29, 0.717) is 17.9 Å². The van der Waals surface area contributed by atoms with Gasteiger partial charge in [-0.2, -0.15) is 0 Å². The fraction of sp³-hybridized carbons (Fsp3) is 0.296. The standard InChI is InChI=1S/C27H30O3/c1-4-6-7-21-8-10-25(11-9-21)27(28)30-26-18-16-24(17-19-26)23-14-12-22(13-15-23)20(3)29-5-2/h8-20H,4-7H2,1-3H3. The molecule has 0 aliphatic rings. The van der Waals surface area contributed by atoms with Gasteiger partial charge in [-0.3, -0.25) is 0 Å². The van der Waals surface area contributed by atoms with Crippen LogP contribution in [0, 0.1) is 0 Å². The average Bonchev–Trinajstić information content (AvgIpc) is 2.79. The van der Waals surface area contributed by atoms with Gasteiger partial charge in [0.2, 0.25) is 0 Å². The molecule has 3 aromatic carbocycles. The van der Waals surface area contributed by atoms with Gasteiger partial charge in [-0.05, 0) is 73.2 Å². The zero-order chi connectivity index (χ0) is 21.3. The Morgan fingerprint density at radius 3 is 2.00 bits per heavy atom. The molecule has 0 N–H and O–H groups in total. The molecule has 0 fully saturated rings. The van der Waals surface area contributed by atoms with Gasteiger partial charge in [0.25, 0.3) is 0 Å². The summed E-state index contributed by atoms with van der Waals surface area (Å²) in [5.74, 6) is 0.208. The van der Waals surface area contributed by atoms with Crippen molar-refractivity contribution >= 4 is 5.97 Å². The summed E-state index contributed by atoms with van der Waals surface area (Å²) in [6.07, 6.45) is 3.45. The van der Waals surface area contributed by atoms with Crippen molar-refractivity contribution < 1.29 is 14.3 Å². The molecule has 1 unspecified atom stereocenters. The minimum Gasteiger partial charge on any atom is -0.423 e. The van der Waals surface area contributed by atoms with Crippen molar-refractivity contribution in [3.8, 4) is 16.9 Å². The van der Waals surface area contributed by atoms with E-state index >= 15 is 0 Å². The molecule has 156 valence electrons. The number of rotatable bonds is 9. The molecular formula is C27H30O3. The fourth-order valence-corrected chi connectivity index (χ4v) is 3.36. The van der Waals surface area contributed by atoms with E-state index in [1.807, 2.05) is 55.5 Å². The summed E-state index contributed by atoms with van der Waals surface area (Å²) in [4.78, 5) is 12.4. The Hall–Kier alpha value is -2.91. The number of carbonyl (C=O) groups is 1. The summed E-state index contributed by atoms with van der Waals surface area (Å²) in [5, 5.41) is 0. The Morgan fingerprint density at radius 1 is 0.833 bits per heavy atom. The molecule has 0 heterocycles. The summed E-state index contributed by atoms with van der Waals surface area (Å²) >= 11 is 0. The highest BCUT2D eigenvalue weighted by Gasteiger charge is 2.09. The van der Waals surface area contributed by atoms with Crippen LogP contribution in [0.1, 0.15) is 61.2 Å². The number of benzene rings is 3. The first-order chi connectivity index (χ1) is 14.6. The van der Waals surface area contributed by atoms with E-state index in [4.69, 9.17) is 9.47 Å². The first-order valence-corrected chi connectivity index (χ1v) is 10.7. The van der Waals surface area contributed by atoms with Gasteiger partial charge in [0.15, 0.2) is 0 Å². The van der Waals surface area contributed by atoms with E-state index in [0.717, 1.165) is 36.0 Å². The lowest BCUT2D eigenvalue weighted by atomic mass is 10.0. The molecule has 3 aromatic rings. The van der Waals surface area contributed by atoms with Crippen LogP contribution in [0.4, 0.5) is 0 Å². The molecule has 3 heteroatoms. The van der Waals surface area contributed by atoms with Crippen molar-refractivity contribution in [2.45, 2.75) is 46.1 Å². The lowest BCUT2D eigenvalue weighted by Gasteiger charge is -2.12. The van der Waals surface area contributed by atoms with E-state index in [1.54, 1.807) is 0 Å². The Bertz CT molecular complexity index is 925. The molecular weight excluding hydrogens is 372 g/mol. The van der Waals surface area contributed by atoms with Gasteiger partial charge in [-0.1, -0.05) is 61.9 Å². The lowest BCUT2D eigenvalue weighted by molar-refractivity contribution is 0.0734. The van der Waals surface area contributed by atoms with E-state index in [9.17, 15) is 4.79 Å². The topological polar surface area (TPSA) is 35.5 Å². The van der Waals surface area contributed by atoms with Crippen LogP contribution in [0.2, 0.25) is 0 Å². The minimum absolute atomic E-state index is 0.0894. The van der Waals surface area contributed by atoms with Gasteiger partial charge in [-0.25, -0.2) is 4.79 Å². The molecule has 0 amide bonds. The van der Waals surface area contributed by atoms with Crippen LogP contribution in [0.5, 0.6) is 5.75 Å². The molecule has 0 spiro atoms. The van der Waals surface area contributed by atoms with Crippen LogP contribution in [0.15, 0.2) is 72.8 Å². The smallest absolute Gasteiger partial charge is 0.343 e. The molecule has 30 heavy (non-hydrogen) atoms. The number of hydrogen-bond donors (Lipinski definition) is 0. The molecule has 3 rings (SSSR count). The third-order valence-electron chi connectivity index (χ3n) is 5.20. The summed E-state index contributed by atoms with van der Waals surface area (Å²) in [7, 11) is 0. The first kappa shape index (κ1) is 21.8. The second kappa shape index (κ2) is 10.7. The van der Waals surface area contributed by atoms with E-state index < -0.39 is 0 Å². The van der Waals surface area contributed by atoms with Crippen LogP contribution in [0.3, 0.4) is 0 Å². The zero-order valence-electron chi connectivity index (χ0n) is 18.1. The summed E-state index contributed by atoms with van der Waals surface area (Å²) in [6.45, 7) is 6.93. The Balaban J connectivity index is 1.62. The quantitative estimate of drug-likeness (QED) is 0.285. The van der Waals surface area contributed by atoms with Gasteiger partial charge in [0, 0.05) is 6.61 Å². The van der Waals surface area contributed by atoms with Gasteiger partial charge in [0.1, 0.15) is 5.75 Å². The molecule has 0 bridgehead atoms. The fourth-order valence-electron chi connectivity index (χ4n) is 3.36. The van der Waals surface area contributed by atoms with Crippen LogP contribution in [-0.4, -0.2) is 12.6 Å². The summed E-state index contributed by atoms with van der Waals surface area (Å²) < 4.78 is 11.2. The first-order valence-electron chi connectivity index (χ1n) is 10.7. The molecule has 0 aliphatic carbocycles. The largest absolute Gasteiger partial charge is 0.423 e. The van der Waals surface area contributed by atoms with Crippen LogP contribution in [0.25, 0.3) is 11.1 Å².